The maximum absolute atomic E-state index is 12.8. The summed E-state index contributed by atoms with van der Waals surface area (Å²) in [5.74, 6) is 0.543. The molecule has 1 aliphatic heterocycles. The van der Waals surface area contributed by atoms with Crippen molar-refractivity contribution in [1.29, 1.82) is 0 Å². The van der Waals surface area contributed by atoms with Crippen molar-refractivity contribution in [3.8, 4) is 0 Å². The first kappa shape index (κ1) is 16.3. The number of piperazine rings is 1. The SMILES string of the molecule is COCCCN1C(=O)C(CC(C)C)NC(=O)C12CCCC2. The number of amides is 2. The summed E-state index contributed by atoms with van der Waals surface area (Å²) < 4.78 is 5.10. The lowest BCUT2D eigenvalue weighted by atomic mass is 9.87. The number of carbonyl (C=O) groups excluding carboxylic acids is 2. The van der Waals surface area contributed by atoms with Crippen LogP contribution in [-0.4, -0.2) is 48.6 Å². The average Bonchev–Trinajstić information content (AvgIpc) is 2.90. The van der Waals surface area contributed by atoms with Gasteiger partial charge in [-0.3, -0.25) is 9.59 Å². The first-order valence-corrected chi connectivity index (χ1v) is 8.12. The van der Waals surface area contributed by atoms with Crippen LogP contribution in [0.3, 0.4) is 0 Å². The molecular weight excluding hydrogens is 268 g/mol. The van der Waals surface area contributed by atoms with E-state index in [1.807, 2.05) is 4.90 Å². The van der Waals surface area contributed by atoms with Crippen molar-refractivity contribution in [2.75, 3.05) is 20.3 Å². The minimum absolute atomic E-state index is 0.0580. The van der Waals surface area contributed by atoms with Crippen molar-refractivity contribution in [3.63, 3.8) is 0 Å². The molecule has 1 N–H and O–H groups in total. The molecule has 1 aliphatic carbocycles. The van der Waals surface area contributed by atoms with E-state index in [-0.39, 0.29) is 17.9 Å². The molecule has 0 bridgehead atoms. The highest BCUT2D eigenvalue weighted by Crippen LogP contribution is 2.38. The van der Waals surface area contributed by atoms with E-state index < -0.39 is 5.54 Å². The van der Waals surface area contributed by atoms with Gasteiger partial charge in [0.05, 0.1) is 0 Å². The Labute approximate surface area is 127 Å². The molecule has 2 amide bonds. The maximum Gasteiger partial charge on any atom is 0.246 e. The molecule has 0 aromatic heterocycles. The number of carbonyl (C=O) groups is 2. The number of nitrogens with zero attached hydrogens (tertiary/aromatic N) is 1. The topological polar surface area (TPSA) is 58.6 Å². The Morgan fingerprint density at radius 2 is 2.00 bits per heavy atom. The Kier molecular flexibility index (Phi) is 5.25. The van der Waals surface area contributed by atoms with Crippen LogP contribution in [0.5, 0.6) is 0 Å². The van der Waals surface area contributed by atoms with Crippen LogP contribution in [0.25, 0.3) is 0 Å². The number of methoxy groups -OCH3 is 1. The van der Waals surface area contributed by atoms with Crippen molar-refractivity contribution in [3.05, 3.63) is 0 Å². The van der Waals surface area contributed by atoms with Gasteiger partial charge in [-0.2, -0.15) is 0 Å². The molecule has 1 atom stereocenters. The van der Waals surface area contributed by atoms with Gasteiger partial charge in [-0.25, -0.2) is 0 Å². The number of hydrogen-bond acceptors (Lipinski definition) is 3. The number of ether oxygens (including phenoxy) is 1. The molecule has 0 aromatic carbocycles. The van der Waals surface area contributed by atoms with E-state index in [4.69, 9.17) is 4.74 Å². The van der Waals surface area contributed by atoms with Crippen LogP contribution in [0.1, 0.15) is 52.4 Å². The van der Waals surface area contributed by atoms with Crippen LogP contribution in [0.15, 0.2) is 0 Å². The van der Waals surface area contributed by atoms with E-state index in [1.54, 1.807) is 7.11 Å². The second kappa shape index (κ2) is 6.77. The van der Waals surface area contributed by atoms with Crippen LogP contribution in [-0.2, 0) is 14.3 Å². The molecule has 120 valence electrons. The fourth-order valence-electron chi connectivity index (χ4n) is 3.66. The fourth-order valence-corrected chi connectivity index (χ4v) is 3.66. The van der Waals surface area contributed by atoms with Gasteiger partial charge in [0.1, 0.15) is 11.6 Å². The third-order valence-electron chi connectivity index (χ3n) is 4.68. The summed E-state index contributed by atoms with van der Waals surface area (Å²) in [5, 5.41) is 2.99. The molecule has 1 heterocycles. The third-order valence-corrected chi connectivity index (χ3v) is 4.68. The van der Waals surface area contributed by atoms with Gasteiger partial charge in [-0.05, 0) is 31.6 Å². The van der Waals surface area contributed by atoms with Gasteiger partial charge in [-0.15, -0.1) is 0 Å². The largest absolute Gasteiger partial charge is 0.385 e. The van der Waals surface area contributed by atoms with Crippen LogP contribution < -0.4 is 5.32 Å². The van der Waals surface area contributed by atoms with Crippen molar-refractivity contribution in [1.82, 2.24) is 10.2 Å². The number of rotatable bonds is 6. The smallest absolute Gasteiger partial charge is 0.246 e. The highest BCUT2D eigenvalue weighted by atomic mass is 16.5. The summed E-state index contributed by atoms with van der Waals surface area (Å²) in [5.41, 5.74) is -0.585. The Hall–Kier alpha value is -1.10. The maximum atomic E-state index is 12.8. The van der Waals surface area contributed by atoms with E-state index in [0.29, 0.717) is 25.5 Å². The molecule has 0 aromatic rings. The van der Waals surface area contributed by atoms with Gasteiger partial charge in [-0.1, -0.05) is 26.7 Å². The lowest BCUT2D eigenvalue weighted by Gasteiger charge is -2.46. The van der Waals surface area contributed by atoms with Crippen LogP contribution in [0.4, 0.5) is 0 Å². The Bertz CT molecular complexity index is 389. The molecule has 5 nitrogen and oxygen atoms in total. The summed E-state index contributed by atoms with van der Waals surface area (Å²) in [6.45, 7) is 5.40. The first-order valence-electron chi connectivity index (χ1n) is 8.12. The van der Waals surface area contributed by atoms with Gasteiger partial charge >= 0.3 is 0 Å². The molecule has 1 saturated heterocycles. The Morgan fingerprint density at radius 3 is 2.57 bits per heavy atom. The normalized spacial score (nSPS) is 25.0. The van der Waals surface area contributed by atoms with Gasteiger partial charge in [0, 0.05) is 20.3 Å². The highest BCUT2D eigenvalue weighted by molar-refractivity contribution is 6.00. The van der Waals surface area contributed by atoms with Crippen LogP contribution in [0.2, 0.25) is 0 Å². The fraction of sp³-hybridized carbons (Fsp3) is 0.875. The molecule has 1 spiro atoms. The highest BCUT2D eigenvalue weighted by Gasteiger charge is 2.53. The number of nitrogens with one attached hydrogen (secondary N) is 1. The van der Waals surface area contributed by atoms with Crippen molar-refractivity contribution >= 4 is 11.8 Å². The summed E-state index contributed by atoms with van der Waals surface area (Å²) >= 11 is 0. The van der Waals surface area contributed by atoms with Gasteiger partial charge in [0.25, 0.3) is 0 Å². The van der Waals surface area contributed by atoms with Crippen LogP contribution >= 0.6 is 0 Å². The Morgan fingerprint density at radius 1 is 1.33 bits per heavy atom. The van der Waals surface area contributed by atoms with Crippen molar-refractivity contribution < 1.29 is 14.3 Å². The predicted molar refractivity (Wildman–Crippen MR) is 80.8 cm³/mol. The lowest BCUT2D eigenvalue weighted by molar-refractivity contribution is -0.158. The van der Waals surface area contributed by atoms with E-state index in [0.717, 1.165) is 32.1 Å². The zero-order valence-electron chi connectivity index (χ0n) is 13.5. The summed E-state index contributed by atoms with van der Waals surface area (Å²) in [6.07, 6.45) is 5.14. The molecule has 2 fully saturated rings. The van der Waals surface area contributed by atoms with Crippen molar-refractivity contribution in [2.45, 2.75) is 64.0 Å². The first-order chi connectivity index (χ1) is 10.0. The minimum Gasteiger partial charge on any atom is -0.385 e. The molecule has 21 heavy (non-hydrogen) atoms. The van der Waals surface area contributed by atoms with Gasteiger partial charge in [0.15, 0.2) is 0 Å². The summed E-state index contributed by atoms with van der Waals surface area (Å²) in [7, 11) is 1.66. The zero-order valence-corrected chi connectivity index (χ0v) is 13.5. The summed E-state index contributed by atoms with van der Waals surface area (Å²) in [6, 6.07) is -0.355. The Balaban J connectivity index is 2.17. The molecule has 0 radical (unpaired) electrons. The van der Waals surface area contributed by atoms with Gasteiger partial charge in [0.2, 0.25) is 11.8 Å². The number of hydrogen-bond donors (Lipinski definition) is 1. The molecule has 5 heteroatoms. The average molecular weight is 296 g/mol. The predicted octanol–water partition coefficient (Wildman–Crippen LogP) is 1.71. The standard InChI is InChI=1S/C16H28N2O3/c1-12(2)11-13-14(19)18(9-6-10-21-3)16(15(20)17-13)7-4-5-8-16/h12-13H,4-11H2,1-3H3,(H,17,20). The molecule has 2 rings (SSSR count). The summed E-state index contributed by atoms with van der Waals surface area (Å²) in [4.78, 5) is 27.4. The molecule has 1 saturated carbocycles. The quantitative estimate of drug-likeness (QED) is 0.759. The molecule has 1 unspecified atom stereocenters. The van der Waals surface area contributed by atoms with Crippen molar-refractivity contribution in [2.24, 2.45) is 5.92 Å². The van der Waals surface area contributed by atoms with E-state index in [2.05, 4.69) is 19.2 Å². The second-order valence-corrected chi connectivity index (χ2v) is 6.73. The molecular formula is C16H28N2O3. The third kappa shape index (κ3) is 3.23. The zero-order chi connectivity index (χ0) is 15.5. The minimum atomic E-state index is -0.585. The second-order valence-electron chi connectivity index (χ2n) is 6.73. The van der Waals surface area contributed by atoms with Crippen LogP contribution in [0, 0.1) is 5.92 Å². The molecule has 2 aliphatic rings. The lowest BCUT2D eigenvalue weighted by Crippen LogP contribution is -2.70. The van der Waals surface area contributed by atoms with Gasteiger partial charge < -0.3 is 15.0 Å². The van der Waals surface area contributed by atoms with E-state index >= 15 is 0 Å². The monoisotopic (exact) mass is 296 g/mol. The van der Waals surface area contributed by atoms with E-state index in [9.17, 15) is 9.59 Å². The van der Waals surface area contributed by atoms with E-state index in [1.165, 1.54) is 0 Å².